The van der Waals surface area contributed by atoms with Crippen LogP contribution in [0, 0.1) is 13.8 Å². The summed E-state index contributed by atoms with van der Waals surface area (Å²) in [5, 5.41) is 7.51. The lowest BCUT2D eigenvalue weighted by Gasteiger charge is -2.01. The standard InChI is InChI=1S/C15H14N4O2/c1-9-6-10(2)14-11(7-9)12(19-21-14)8-13(20)18-15-16-4-3-5-17-15/h3-7H,8H2,1-2H3,(H,16,17,18,20). The molecule has 0 aliphatic heterocycles. The van der Waals surface area contributed by atoms with Gasteiger partial charge in [0.15, 0.2) is 5.58 Å². The molecule has 2 aromatic heterocycles. The summed E-state index contributed by atoms with van der Waals surface area (Å²) in [4.78, 5) is 19.9. The molecule has 0 unspecified atom stereocenters. The van der Waals surface area contributed by atoms with Gasteiger partial charge in [-0.2, -0.15) is 0 Å². The minimum absolute atomic E-state index is 0.119. The predicted molar refractivity (Wildman–Crippen MR) is 77.8 cm³/mol. The highest BCUT2D eigenvalue weighted by atomic mass is 16.5. The highest BCUT2D eigenvalue weighted by molar-refractivity contribution is 5.94. The summed E-state index contributed by atoms with van der Waals surface area (Å²) in [6.45, 7) is 3.96. The molecule has 21 heavy (non-hydrogen) atoms. The second-order valence-corrected chi connectivity index (χ2v) is 4.89. The molecule has 2 heterocycles. The Labute approximate surface area is 121 Å². The third-order valence-corrected chi connectivity index (χ3v) is 3.12. The Hall–Kier alpha value is -2.76. The summed E-state index contributed by atoms with van der Waals surface area (Å²) in [5.74, 6) is 0.0539. The van der Waals surface area contributed by atoms with Gasteiger partial charge in [-0.05, 0) is 37.1 Å². The molecule has 0 atom stereocenters. The molecule has 1 amide bonds. The van der Waals surface area contributed by atoms with E-state index in [-0.39, 0.29) is 18.3 Å². The van der Waals surface area contributed by atoms with Crippen LogP contribution in [0.3, 0.4) is 0 Å². The van der Waals surface area contributed by atoms with Crippen molar-refractivity contribution in [3.05, 3.63) is 47.4 Å². The number of carbonyl (C=O) groups excluding carboxylic acids is 1. The number of amides is 1. The maximum Gasteiger partial charge on any atom is 0.232 e. The zero-order valence-corrected chi connectivity index (χ0v) is 11.8. The van der Waals surface area contributed by atoms with Crippen LogP contribution in [-0.4, -0.2) is 21.0 Å². The van der Waals surface area contributed by atoms with Crippen LogP contribution in [0.1, 0.15) is 16.8 Å². The number of nitrogens with zero attached hydrogens (tertiary/aromatic N) is 3. The minimum Gasteiger partial charge on any atom is -0.356 e. The van der Waals surface area contributed by atoms with Gasteiger partial charge in [0.2, 0.25) is 11.9 Å². The molecule has 6 heteroatoms. The van der Waals surface area contributed by atoms with Gasteiger partial charge in [0.25, 0.3) is 0 Å². The number of hydrogen-bond donors (Lipinski definition) is 1. The smallest absolute Gasteiger partial charge is 0.232 e. The SMILES string of the molecule is Cc1cc(C)c2onc(CC(=O)Nc3ncccn3)c2c1. The molecule has 3 rings (SSSR count). The lowest BCUT2D eigenvalue weighted by atomic mass is 10.1. The van der Waals surface area contributed by atoms with Crippen molar-refractivity contribution >= 4 is 22.8 Å². The van der Waals surface area contributed by atoms with Crippen LogP contribution in [0.5, 0.6) is 0 Å². The van der Waals surface area contributed by atoms with Gasteiger partial charge in [-0.1, -0.05) is 11.2 Å². The highest BCUT2D eigenvalue weighted by Crippen LogP contribution is 2.24. The first-order valence-corrected chi connectivity index (χ1v) is 6.56. The van der Waals surface area contributed by atoms with Gasteiger partial charge < -0.3 is 4.52 Å². The average Bonchev–Trinajstić information content (AvgIpc) is 2.83. The quantitative estimate of drug-likeness (QED) is 0.797. The molecular formula is C15H14N4O2. The molecule has 6 nitrogen and oxygen atoms in total. The van der Waals surface area contributed by atoms with E-state index < -0.39 is 0 Å². The number of aryl methyl sites for hydroxylation is 2. The van der Waals surface area contributed by atoms with Gasteiger partial charge in [-0.25, -0.2) is 9.97 Å². The Morgan fingerprint density at radius 3 is 2.76 bits per heavy atom. The molecule has 3 aromatic rings. The molecular weight excluding hydrogens is 268 g/mol. The lowest BCUT2D eigenvalue weighted by Crippen LogP contribution is -2.16. The van der Waals surface area contributed by atoms with Crippen LogP contribution in [0.4, 0.5) is 5.95 Å². The maximum atomic E-state index is 12.0. The molecule has 1 aromatic carbocycles. The van der Waals surface area contributed by atoms with Crippen molar-refractivity contribution < 1.29 is 9.32 Å². The first-order valence-electron chi connectivity index (χ1n) is 6.56. The van der Waals surface area contributed by atoms with Crippen molar-refractivity contribution in [2.45, 2.75) is 20.3 Å². The normalized spacial score (nSPS) is 10.8. The summed E-state index contributed by atoms with van der Waals surface area (Å²) in [6, 6.07) is 5.68. The monoisotopic (exact) mass is 282 g/mol. The lowest BCUT2D eigenvalue weighted by molar-refractivity contribution is -0.115. The van der Waals surface area contributed by atoms with Gasteiger partial charge >= 0.3 is 0 Å². The number of fused-ring (bicyclic) bond motifs is 1. The van der Waals surface area contributed by atoms with E-state index in [0.29, 0.717) is 5.69 Å². The molecule has 106 valence electrons. The van der Waals surface area contributed by atoms with Crippen LogP contribution < -0.4 is 5.32 Å². The summed E-state index contributed by atoms with van der Waals surface area (Å²) < 4.78 is 5.32. The number of anilines is 1. The number of aromatic nitrogens is 3. The second kappa shape index (κ2) is 5.32. The van der Waals surface area contributed by atoms with Gasteiger partial charge in [0.1, 0.15) is 5.69 Å². The van der Waals surface area contributed by atoms with Crippen molar-refractivity contribution in [2.75, 3.05) is 5.32 Å². The third kappa shape index (κ3) is 2.74. The van der Waals surface area contributed by atoms with Gasteiger partial charge in [0.05, 0.1) is 6.42 Å². The van der Waals surface area contributed by atoms with E-state index in [1.807, 2.05) is 26.0 Å². The summed E-state index contributed by atoms with van der Waals surface area (Å²) in [7, 11) is 0. The summed E-state index contributed by atoms with van der Waals surface area (Å²) in [6.07, 6.45) is 3.26. The number of benzene rings is 1. The zero-order chi connectivity index (χ0) is 14.8. The van der Waals surface area contributed by atoms with E-state index in [1.54, 1.807) is 18.5 Å². The fraction of sp³-hybridized carbons (Fsp3) is 0.200. The number of carbonyl (C=O) groups is 1. The zero-order valence-electron chi connectivity index (χ0n) is 11.8. The fourth-order valence-electron chi connectivity index (χ4n) is 2.25. The van der Waals surface area contributed by atoms with Crippen LogP contribution >= 0.6 is 0 Å². The van der Waals surface area contributed by atoms with Crippen LogP contribution in [0.15, 0.2) is 35.1 Å². The first-order chi connectivity index (χ1) is 10.1. The second-order valence-electron chi connectivity index (χ2n) is 4.89. The third-order valence-electron chi connectivity index (χ3n) is 3.12. The van der Waals surface area contributed by atoms with E-state index in [1.165, 1.54) is 0 Å². The molecule has 0 saturated heterocycles. The average molecular weight is 282 g/mol. The molecule has 0 bridgehead atoms. The van der Waals surface area contributed by atoms with Crippen molar-refractivity contribution in [3.8, 4) is 0 Å². The molecule has 0 fully saturated rings. The minimum atomic E-state index is -0.226. The van der Waals surface area contributed by atoms with Crippen molar-refractivity contribution in [1.29, 1.82) is 0 Å². The summed E-state index contributed by atoms with van der Waals surface area (Å²) in [5.41, 5.74) is 3.45. The Morgan fingerprint density at radius 1 is 1.24 bits per heavy atom. The maximum absolute atomic E-state index is 12.0. The van der Waals surface area contributed by atoms with Gasteiger partial charge in [0, 0.05) is 17.8 Å². The summed E-state index contributed by atoms with van der Waals surface area (Å²) >= 11 is 0. The van der Waals surface area contributed by atoms with Crippen molar-refractivity contribution in [1.82, 2.24) is 15.1 Å². The predicted octanol–water partition coefficient (Wildman–Crippen LogP) is 2.42. The highest BCUT2D eigenvalue weighted by Gasteiger charge is 2.15. The Kier molecular flexibility index (Phi) is 3.35. The van der Waals surface area contributed by atoms with E-state index in [0.717, 1.165) is 22.1 Å². The van der Waals surface area contributed by atoms with Gasteiger partial charge in [-0.15, -0.1) is 0 Å². The van der Waals surface area contributed by atoms with Crippen LogP contribution in [0.2, 0.25) is 0 Å². The molecule has 1 N–H and O–H groups in total. The number of rotatable bonds is 3. The number of hydrogen-bond acceptors (Lipinski definition) is 5. The van der Waals surface area contributed by atoms with Crippen LogP contribution in [0.25, 0.3) is 11.0 Å². The Bertz CT molecular complexity index is 796. The fourth-order valence-corrected chi connectivity index (χ4v) is 2.25. The van der Waals surface area contributed by atoms with Crippen molar-refractivity contribution in [2.24, 2.45) is 0 Å². The molecule has 0 aliphatic carbocycles. The molecule has 0 spiro atoms. The van der Waals surface area contributed by atoms with E-state index in [2.05, 4.69) is 20.4 Å². The first kappa shape index (κ1) is 13.2. The van der Waals surface area contributed by atoms with E-state index in [4.69, 9.17) is 4.52 Å². The Morgan fingerprint density at radius 2 is 2.00 bits per heavy atom. The van der Waals surface area contributed by atoms with Crippen molar-refractivity contribution in [3.63, 3.8) is 0 Å². The topological polar surface area (TPSA) is 80.9 Å². The van der Waals surface area contributed by atoms with Gasteiger partial charge in [-0.3, -0.25) is 10.1 Å². The van der Waals surface area contributed by atoms with E-state index >= 15 is 0 Å². The molecule has 0 saturated carbocycles. The number of nitrogens with one attached hydrogen (secondary N) is 1. The van der Waals surface area contributed by atoms with Crippen LogP contribution in [-0.2, 0) is 11.2 Å². The molecule has 0 aliphatic rings. The largest absolute Gasteiger partial charge is 0.356 e. The molecule has 0 radical (unpaired) electrons. The Balaban J connectivity index is 1.83. The van der Waals surface area contributed by atoms with E-state index in [9.17, 15) is 4.79 Å².